The lowest BCUT2D eigenvalue weighted by Gasteiger charge is -2.37. The van der Waals surface area contributed by atoms with E-state index in [4.69, 9.17) is 9.15 Å². The second-order valence-electron chi connectivity index (χ2n) is 6.07. The molecule has 0 radical (unpaired) electrons. The van der Waals surface area contributed by atoms with E-state index in [-0.39, 0.29) is 22.8 Å². The molecule has 6 nitrogen and oxygen atoms in total. The van der Waals surface area contributed by atoms with Crippen LogP contribution >= 0.6 is 0 Å². The standard InChI is InChI=1S/C17H25NO5/c1-4-7-17(11-22-3)8-6-9-18(17)15(19)14-10-12(16(20)21)13(5-2)23-14/h10H,4-9,11H2,1-3H3,(H,20,21). The summed E-state index contributed by atoms with van der Waals surface area (Å²) in [5.41, 5.74) is -0.244. The highest BCUT2D eigenvalue weighted by molar-refractivity contribution is 5.96. The highest BCUT2D eigenvalue weighted by Gasteiger charge is 2.44. The fourth-order valence-electron chi connectivity index (χ4n) is 3.58. The maximum atomic E-state index is 12.9. The molecule has 128 valence electrons. The van der Waals surface area contributed by atoms with Crippen LogP contribution in [0.15, 0.2) is 10.5 Å². The van der Waals surface area contributed by atoms with Gasteiger partial charge < -0.3 is 19.2 Å². The van der Waals surface area contributed by atoms with Crippen molar-refractivity contribution in [2.75, 3.05) is 20.3 Å². The normalized spacial score (nSPS) is 20.9. The molecule has 1 N–H and O–H groups in total. The minimum Gasteiger partial charge on any atom is -0.478 e. The Morgan fingerprint density at radius 2 is 2.17 bits per heavy atom. The third kappa shape index (κ3) is 3.27. The number of nitrogens with zero attached hydrogens (tertiary/aromatic N) is 1. The zero-order valence-corrected chi connectivity index (χ0v) is 14.1. The highest BCUT2D eigenvalue weighted by Crippen LogP contribution is 2.35. The van der Waals surface area contributed by atoms with E-state index in [0.29, 0.717) is 25.3 Å². The van der Waals surface area contributed by atoms with Gasteiger partial charge in [0.15, 0.2) is 5.76 Å². The highest BCUT2D eigenvalue weighted by atomic mass is 16.5. The van der Waals surface area contributed by atoms with Crippen LogP contribution in [0.1, 0.15) is 66.2 Å². The molecule has 0 saturated carbocycles. The first kappa shape index (κ1) is 17.5. The van der Waals surface area contributed by atoms with Crippen molar-refractivity contribution in [2.24, 2.45) is 0 Å². The lowest BCUT2D eigenvalue weighted by atomic mass is 9.91. The number of carbonyl (C=O) groups is 2. The number of amides is 1. The van der Waals surface area contributed by atoms with E-state index in [1.165, 1.54) is 6.07 Å². The molecule has 1 saturated heterocycles. The van der Waals surface area contributed by atoms with E-state index in [0.717, 1.165) is 25.7 Å². The van der Waals surface area contributed by atoms with Crippen molar-refractivity contribution in [3.05, 3.63) is 23.2 Å². The quantitative estimate of drug-likeness (QED) is 0.834. The molecule has 1 fully saturated rings. The molecule has 1 amide bonds. The molecule has 2 rings (SSSR count). The molecule has 1 aromatic heterocycles. The number of rotatable bonds is 7. The van der Waals surface area contributed by atoms with E-state index in [2.05, 4.69) is 6.92 Å². The van der Waals surface area contributed by atoms with Gasteiger partial charge in [-0.1, -0.05) is 20.3 Å². The first-order valence-corrected chi connectivity index (χ1v) is 8.16. The van der Waals surface area contributed by atoms with E-state index >= 15 is 0 Å². The van der Waals surface area contributed by atoms with Gasteiger partial charge in [-0.25, -0.2) is 4.79 Å². The predicted molar refractivity (Wildman–Crippen MR) is 84.8 cm³/mol. The van der Waals surface area contributed by atoms with Gasteiger partial charge in [0.25, 0.3) is 5.91 Å². The molecule has 1 aliphatic rings. The van der Waals surface area contributed by atoms with Gasteiger partial charge in [-0.05, 0) is 19.3 Å². The van der Waals surface area contributed by atoms with Crippen molar-refractivity contribution in [2.45, 2.75) is 51.5 Å². The lowest BCUT2D eigenvalue weighted by Crippen LogP contribution is -2.50. The van der Waals surface area contributed by atoms with Crippen molar-refractivity contribution < 1.29 is 23.8 Å². The third-order valence-electron chi connectivity index (χ3n) is 4.54. The third-order valence-corrected chi connectivity index (χ3v) is 4.54. The van der Waals surface area contributed by atoms with Gasteiger partial charge in [-0.2, -0.15) is 0 Å². The summed E-state index contributed by atoms with van der Waals surface area (Å²) in [5, 5.41) is 9.22. The number of methoxy groups -OCH3 is 1. The van der Waals surface area contributed by atoms with Gasteiger partial charge in [0, 0.05) is 26.1 Å². The number of carboxylic acid groups (broad SMARTS) is 1. The summed E-state index contributed by atoms with van der Waals surface area (Å²) < 4.78 is 10.9. The average molecular weight is 323 g/mol. The topological polar surface area (TPSA) is 80.0 Å². The molecular formula is C17H25NO5. The molecule has 0 spiro atoms. The number of likely N-dealkylation sites (tertiary alicyclic amines) is 1. The fourth-order valence-corrected chi connectivity index (χ4v) is 3.58. The summed E-state index contributed by atoms with van der Waals surface area (Å²) in [6, 6.07) is 1.35. The van der Waals surface area contributed by atoms with Gasteiger partial charge in [0.1, 0.15) is 11.3 Å². The molecule has 1 aliphatic heterocycles. The van der Waals surface area contributed by atoms with Gasteiger partial charge >= 0.3 is 5.97 Å². The molecule has 6 heteroatoms. The van der Waals surface area contributed by atoms with Gasteiger partial charge in [0.05, 0.1) is 12.1 Å². The number of aryl methyl sites for hydroxylation is 1. The van der Waals surface area contributed by atoms with Gasteiger partial charge in [-0.3, -0.25) is 4.79 Å². The maximum absolute atomic E-state index is 12.9. The number of hydrogen-bond donors (Lipinski definition) is 1. The number of carboxylic acids is 1. The van der Waals surface area contributed by atoms with E-state index in [1.807, 2.05) is 11.8 Å². The summed E-state index contributed by atoms with van der Waals surface area (Å²) >= 11 is 0. The van der Waals surface area contributed by atoms with Crippen LogP contribution in [-0.4, -0.2) is 47.7 Å². The minimum atomic E-state index is -1.07. The monoisotopic (exact) mass is 323 g/mol. The molecular weight excluding hydrogens is 298 g/mol. The molecule has 2 heterocycles. The van der Waals surface area contributed by atoms with Crippen molar-refractivity contribution in [1.29, 1.82) is 0 Å². The van der Waals surface area contributed by atoms with Crippen LogP contribution in [-0.2, 0) is 11.2 Å². The van der Waals surface area contributed by atoms with Crippen LogP contribution in [0.2, 0.25) is 0 Å². The van der Waals surface area contributed by atoms with E-state index < -0.39 is 5.97 Å². The number of ether oxygens (including phenoxy) is 1. The Bertz CT molecular complexity index is 572. The summed E-state index contributed by atoms with van der Waals surface area (Å²) in [6.07, 6.45) is 4.06. The SMILES string of the molecule is CCCC1(COC)CCCN1C(=O)c1cc(C(=O)O)c(CC)o1. The van der Waals surface area contributed by atoms with Crippen molar-refractivity contribution in [3.8, 4) is 0 Å². The summed E-state index contributed by atoms with van der Waals surface area (Å²) in [7, 11) is 1.64. The smallest absolute Gasteiger partial charge is 0.339 e. The van der Waals surface area contributed by atoms with Gasteiger partial charge in [0.2, 0.25) is 0 Å². The lowest BCUT2D eigenvalue weighted by molar-refractivity contribution is 0.0231. The molecule has 1 aromatic rings. The summed E-state index contributed by atoms with van der Waals surface area (Å²) in [6.45, 7) is 5.02. The number of aromatic carboxylic acids is 1. The van der Waals surface area contributed by atoms with Gasteiger partial charge in [-0.15, -0.1) is 0 Å². The summed E-state index contributed by atoms with van der Waals surface area (Å²) in [5.74, 6) is -0.858. The van der Waals surface area contributed by atoms with Crippen molar-refractivity contribution in [3.63, 3.8) is 0 Å². The molecule has 23 heavy (non-hydrogen) atoms. The molecule has 0 bridgehead atoms. The Hall–Kier alpha value is -1.82. The van der Waals surface area contributed by atoms with Crippen LogP contribution in [0.3, 0.4) is 0 Å². The van der Waals surface area contributed by atoms with Crippen LogP contribution in [0.25, 0.3) is 0 Å². The molecule has 1 unspecified atom stereocenters. The number of carbonyl (C=O) groups excluding carboxylic acids is 1. The Morgan fingerprint density at radius 3 is 2.70 bits per heavy atom. The van der Waals surface area contributed by atoms with Crippen LogP contribution in [0.4, 0.5) is 0 Å². The largest absolute Gasteiger partial charge is 0.478 e. The second-order valence-corrected chi connectivity index (χ2v) is 6.07. The van der Waals surface area contributed by atoms with E-state index in [9.17, 15) is 14.7 Å². The minimum absolute atomic E-state index is 0.0721. The molecule has 0 aliphatic carbocycles. The molecule has 1 atom stereocenters. The maximum Gasteiger partial charge on any atom is 0.339 e. The number of furan rings is 1. The fraction of sp³-hybridized carbons (Fsp3) is 0.647. The Labute approximate surface area is 136 Å². The zero-order chi connectivity index (χ0) is 17.0. The first-order chi connectivity index (χ1) is 11.0. The molecule has 0 aromatic carbocycles. The van der Waals surface area contributed by atoms with Crippen molar-refractivity contribution in [1.82, 2.24) is 4.90 Å². The Balaban J connectivity index is 2.33. The predicted octanol–water partition coefficient (Wildman–Crippen LogP) is 2.96. The zero-order valence-electron chi connectivity index (χ0n) is 14.1. The van der Waals surface area contributed by atoms with Crippen LogP contribution < -0.4 is 0 Å². The second kappa shape index (κ2) is 7.17. The Kier molecular flexibility index (Phi) is 5.46. The van der Waals surface area contributed by atoms with Crippen LogP contribution in [0, 0.1) is 0 Å². The average Bonchev–Trinajstić information content (AvgIpc) is 3.11. The Morgan fingerprint density at radius 1 is 1.43 bits per heavy atom. The van der Waals surface area contributed by atoms with Crippen LogP contribution in [0.5, 0.6) is 0 Å². The van der Waals surface area contributed by atoms with E-state index in [1.54, 1.807) is 7.11 Å². The summed E-state index contributed by atoms with van der Waals surface area (Å²) in [4.78, 5) is 26.0. The first-order valence-electron chi connectivity index (χ1n) is 8.16. The van der Waals surface area contributed by atoms with Crippen molar-refractivity contribution >= 4 is 11.9 Å². The number of hydrogen-bond acceptors (Lipinski definition) is 4.